The SMILES string of the molecule is CCN1C(=O)/C(=C/c2cc(Br)ccc2OCc2ccccc2C#N)SC1=Nc1cccc(C(=O)O)c1. The number of carbonyl (C=O) groups excluding carboxylic acids is 1. The molecule has 0 atom stereocenters. The highest BCUT2D eigenvalue weighted by Crippen LogP contribution is 2.36. The molecule has 1 fully saturated rings. The van der Waals surface area contributed by atoms with Gasteiger partial charge in [-0.3, -0.25) is 9.69 Å². The van der Waals surface area contributed by atoms with Gasteiger partial charge < -0.3 is 9.84 Å². The summed E-state index contributed by atoms with van der Waals surface area (Å²) in [5.74, 6) is -0.675. The molecule has 3 aromatic rings. The maximum atomic E-state index is 13.1. The molecule has 7 nitrogen and oxygen atoms in total. The lowest BCUT2D eigenvalue weighted by Gasteiger charge is -2.12. The molecule has 1 aliphatic rings. The number of rotatable bonds is 7. The molecule has 1 amide bonds. The highest BCUT2D eigenvalue weighted by atomic mass is 79.9. The summed E-state index contributed by atoms with van der Waals surface area (Å²) in [7, 11) is 0. The van der Waals surface area contributed by atoms with Crippen LogP contribution in [0, 0.1) is 11.3 Å². The van der Waals surface area contributed by atoms with E-state index in [2.05, 4.69) is 27.0 Å². The van der Waals surface area contributed by atoms with E-state index in [1.807, 2.05) is 31.2 Å². The van der Waals surface area contributed by atoms with Crippen molar-refractivity contribution in [1.29, 1.82) is 5.26 Å². The van der Waals surface area contributed by atoms with Gasteiger partial charge in [0.2, 0.25) is 0 Å². The number of carboxylic acid groups (broad SMARTS) is 1. The lowest BCUT2D eigenvalue weighted by atomic mass is 10.1. The van der Waals surface area contributed by atoms with Gasteiger partial charge in [-0.05, 0) is 67.2 Å². The van der Waals surface area contributed by atoms with Gasteiger partial charge in [0, 0.05) is 22.1 Å². The third-order valence-corrected chi connectivity index (χ3v) is 6.80. The number of amides is 1. The van der Waals surface area contributed by atoms with E-state index in [1.165, 1.54) is 23.9 Å². The molecule has 0 radical (unpaired) electrons. The second-order valence-corrected chi connectivity index (χ2v) is 9.57. The predicted octanol–water partition coefficient (Wildman–Crippen LogP) is 6.22. The Bertz CT molecular complexity index is 1440. The van der Waals surface area contributed by atoms with Gasteiger partial charge in [-0.2, -0.15) is 5.26 Å². The molecule has 9 heteroatoms. The zero-order chi connectivity index (χ0) is 25.7. The summed E-state index contributed by atoms with van der Waals surface area (Å²) in [4.78, 5) is 31.0. The molecule has 1 aliphatic heterocycles. The minimum absolute atomic E-state index is 0.124. The van der Waals surface area contributed by atoms with E-state index in [9.17, 15) is 20.0 Å². The van der Waals surface area contributed by atoms with Crippen molar-refractivity contribution < 1.29 is 19.4 Å². The maximum absolute atomic E-state index is 13.1. The van der Waals surface area contributed by atoms with Crippen LogP contribution in [0.4, 0.5) is 5.69 Å². The minimum Gasteiger partial charge on any atom is -0.488 e. The monoisotopic (exact) mass is 561 g/mol. The van der Waals surface area contributed by atoms with Crippen molar-refractivity contribution in [2.45, 2.75) is 13.5 Å². The number of thioether (sulfide) groups is 1. The first-order valence-electron chi connectivity index (χ1n) is 10.9. The summed E-state index contributed by atoms with van der Waals surface area (Å²) in [6.45, 7) is 2.47. The fraction of sp³-hybridized carbons (Fsp3) is 0.111. The minimum atomic E-state index is -1.04. The van der Waals surface area contributed by atoms with Crippen molar-refractivity contribution in [2.24, 2.45) is 4.99 Å². The molecule has 0 aromatic heterocycles. The van der Waals surface area contributed by atoms with Crippen LogP contribution in [-0.2, 0) is 11.4 Å². The molecule has 1 N–H and O–H groups in total. The Morgan fingerprint density at radius 2 is 2.00 bits per heavy atom. The normalized spacial score (nSPS) is 15.4. The lowest BCUT2D eigenvalue weighted by molar-refractivity contribution is -0.122. The number of nitriles is 1. The molecule has 0 aliphatic carbocycles. The maximum Gasteiger partial charge on any atom is 0.335 e. The van der Waals surface area contributed by atoms with E-state index in [0.717, 1.165) is 10.0 Å². The lowest BCUT2D eigenvalue weighted by Crippen LogP contribution is -2.28. The van der Waals surface area contributed by atoms with E-state index in [4.69, 9.17) is 4.74 Å². The average Bonchev–Trinajstić information content (AvgIpc) is 3.17. The van der Waals surface area contributed by atoms with Gasteiger partial charge in [-0.1, -0.05) is 40.2 Å². The van der Waals surface area contributed by atoms with Gasteiger partial charge in [-0.25, -0.2) is 9.79 Å². The van der Waals surface area contributed by atoms with Crippen molar-refractivity contribution in [2.75, 3.05) is 6.54 Å². The first-order valence-corrected chi connectivity index (χ1v) is 12.5. The Morgan fingerprint density at radius 3 is 2.75 bits per heavy atom. The number of benzene rings is 3. The number of ether oxygens (including phenoxy) is 1. The summed E-state index contributed by atoms with van der Waals surface area (Å²) >= 11 is 4.69. The number of aliphatic imine (C=N–C) groups is 1. The summed E-state index contributed by atoms with van der Waals surface area (Å²) in [6.07, 6.45) is 1.75. The van der Waals surface area contributed by atoms with Gasteiger partial charge in [0.05, 0.1) is 27.8 Å². The van der Waals surface area contributed by atoms with Crippen molar-refractivity contribution in [1.82, 2.24) is 4.90 Å². The van der Waals surface area contributed by atoms with E-state index in [1.54, 1.807) is 41.3 Å². The van der Waals surface area contributed by atoms with Gasteiger partial charge in [0.1, 0.15) is 12.4 Å². The van der Waals surface area contributed by atoms with E-state index in [0.29, 0.717) is 39.2 Å². The topological polar surface area (TPSA) is 103 Å². The number of likely N-dealkylation sites (N-methyl/N-ethyl adjacent to an activating group) is 1. The first-order chi connectivity index (χ1) is 17.4. The molecular formula is C27H20BrN3O4S. The third kappa shape index (κ3) is 5.67. The van der Waals surface area contributed by atoms with Crippen LogP contribution in [0.25, 0.3) is 6.08 Å². The Balaban J connectivity index is 1.64. The largest absolute Gasteiger partial charge is 0.488 e. The molecule has 36 heavy (non-hydrogen) atoms. The Morgan fingerprint density at radius 1 is 1.19 bits per heavy atom. The van der Waals surface area contributed by atoms with Gasteiger partial charge >= 0.3 is 5.97 Å². The fourth-order valence-corrected chi connectivity index (χ4v) is 4.94. The van der Waals surface area contributed by atoms with Crippen LogP contribution in [0.3, 0.4) is 0 Å². The number of nitrogens with zero attached hydrogens (tertiary/aromatic N) is 3. The first kappa shape index (κ1) is 25.2. The quantitative estimate of drug-likeness (QED) is 0.343. The number of hydrogen-bond acceptors (Lipinski definition) is 6. The fourth-order valence-electron chi connectivity index (χ4n) is 3.50. The molecule has 0 bridgehead atoms. The second-order valence-electron chi connectivity index (χ2n) is 7.65. The summed E-state index contributed by atoms with van der Waals surface area (Å²) in [5, 5.41) is 19.1. The molecule has 0 spiro atoms. The molecule has 0 saturated carbocycles. The summed E-state index contributed by atoms with van der Waals surface area (Å²) in [5.41, 5.74) is 2.58. The smallest absolute Gasteiger partial charge is 0.335 e. The van der Waals surface area contributed by atoms with E-state index >= 15 is 0 Å². The zero-order valence-electron chi connectivity index (χ0n) is 19.1. The van der Waals surface area contributed by atoms with Crippen molar-refractivity contribution in [3.8, 4) is 11.8 Å². The number of amidine groups is 1. The van der Waals surface area contributed by atoms with Gasteiger partial charge in [0.25, 0.3) is 5.91 Å². The zero-order valence-corrected chi connectivity index (χ0v) is 21.5. The van der Waals surface area contributed by atoms with Gasteiger partial charge in [0.15, 0.2) is 5.17 Å². The van der Waals surface area contributed by atoms with Crippen LogP contribution < -0.4 is 4.74 Å². The summed E-state index contributed by atoms with van der Waals surface area (Å²) < 4.78 is 6.86. The van der Waals surface area contributed by atoms with Crippen LogP contribution in [0.2, 0.25) is 0 Å². The van der Waals surface area contributed by atoms with Crippen molar-refractivity contribution >= 4 is 56.5 Å². The predicted molar refractivity (Wildman–Crippen MR) is 143 cm³/mol. The summed E-state index contributed by atoms with van der Waals surface area (Å²) in [6, 6.07) is 21.2. The molecular weight excluding hydrogens is 542 g/mol. The van der Waals surface area contributed by atoms with Crippen LogP contribution in [-0.4, -0.2) is 33.6 Å². The van der Waals surface area contributed by atoms with Crippen LogP contribution >= 0.6 is 27.7 Å². The number of carbonyl (C=O) groups is 2. The number of carboxylic acids is 1. The highest BCUT2D eigenvalue weighted by Gasteiger charge is 2.32. The Labute approximate surface area is 220 Å². The molecule has 1 saturated heterocycles. The number of aromatic carboxylic acids is 1. The standard InChI is InChI=1S/C27H20BrN3O4S/c1-2-31-25(32)24(36-27(31)30-22-9-5-8-17(13-22)26(33)34)14-20-12-21(28)10-11-23(20)35-16-19-7-4-3-6-18(19)15-29/h3-14H,2,16H2,1H3,(H,33,34)/b24-14-,30-27?. The van der Waals surface area contributed by atoms with Crippen LogP contribution in [0.5, 0.6) is 5.75 Å². The van der Waals surface area contributed by atoms with Crippen LogP contribution in [0.1, 0.15) is 34.0 Å². The molecule has 180 valence electrons. The Hall–Kier alpha value is -3.87. The molecule has 4 rings (SSSR count). The molecule has 3 aromatic carbocycles. The van der Waals surface area contributed by atoms with Crippen molar-refractivity contribution in [3.63, 3.8) is 0 Å². The third-order valence-electron chi connectivity index (χ3n) is 5.30. The van der Waals surface area contributed by atoms with Crippen molar-refractivity contribution in [3.05, 3.63) is 98.4 Å². The number of hydrogen-bond donors (Lipinski definition) is 1. The average molecular weight is 562 g/mol. The Kier molecular flexibility index (Phi) is 7.88. The highest BCUT2D eigenvalue weighted by molar-refractivity contribution is 9.10. The molecule has 1 heterocycles. The second kappa shape index (κ2) is 11.2. The van der Waals surface area contributed by atoms with Gasteiger partial charge in [-0.15, -0.1) is 0 Å². The van der Waals surface area contributed by atoms with E-state index in [-0.39, 0.29) is 18.1 Å². The van der Waals surface area contributed by atoms with E-state index < -0.39 is 5.97 Å². The number of halogens is 1. The molecule has 0 unspecified atom stereocenters. The van der Waals surface area contributed by atoms with Crippen LogP contribution in [0.15, 0.2) is 81.1 Å².